The summed E-state index contributed by atoms with van der Waals surface area (Å²) >= 11 is 0.924. The number of hydrogen-bond acceptors (Lipinski definition) is 5. The summed E-state index contributed by atoms with van der Waals surface area (Å²) in [5.74, 6) is -0.255. The fourth-order valence-corrected chi connectivity index (χ4v) is 2.21. The van der Waals surface area contributed by atoms with E-state index in [1.54, 1.807) is 0 Å². The summed E-state index contributed by atoms with van der Waals surface area (Å²) in [6.45, 7) is 0.454. The lowest BCUT2D eigenvalue weighted by atomic mass is 10.2. The summed E-state index contributed by atoms with van der Waals surface area (Å²) in [7, 11) is 1.46. The number of ether oxygens (including phenoxy) is 1. The van der Waals surface area contributed by atoms with E-state index in [2.05, 4.69) is 10.3 Å². The maximum Gasteiger partial charge on any atom is 0.434 e. The number of rotatable bonds is 7. The second-order valence-corrected chi connectivity index (χ2v) is 4.96. The monoisotopic (exact) mass is 311 g/mol. The number of carbonyl (C=O) groups excluding carboxylic acids is 1. The van der Waals surface area contributed by atoms with E-state index in [1.807, 2.05) is 0 Å². The number of nitrogens with two attached hydrogens (primary N) is 1. The van der Waals surface area contributed by atoms with Crippen molar-refractivity contribution in [2.75, 3.05) is 20.2 Å². The standard InChI is InChI=1S/C11H16F3N3O2S/c1-19-7(5-15)4-9(18)16-3-2-10-17-8(6-20-10)11(12,13)14/h6-7H,2-5,15H2,1H3,(H,16,18). The van der Waals surface area contributed by atoms with Crippen molar-refractivity contribution >= 4 is 17.2 Å². The van der Waals surface area contributed by atoms with Gasteiger partial charge in [-0.25, -0.2) is 4.98 Å². The second kappa shape index (κ2) is 7.55. The minimum Gasteiger partial charge on any atom is -0.380 e. The molecule has 0 bridgehead atoms. The van der Waals surface area contributed by atoms with Gasteiger partial charge in [-0.15, -0.1) is 11.3 Å². The van der Waals surface area contributed by atoms with Crippen LogP contribution in [0.3, 0.4) is 0 Å². The van der Waals surface area contributed by atoms with Gasteiger partial charge < -0.3 is 15.8 Å². The summed E-state index contributed by atoms with van der Waals surface area (Å²) in [4.78, 5) is 15.0. The molecule has 0 aliphatic heterocycles. The summed E-state index contributed by atoms with van der Waals surface area (Å²) in [6.07, 6.45) is -4.40. The molecule has 5 nitrogen and oxygen atoms in total. The van der Waals surface area contributed by atoms with E-state index in [-0.39, 0.29) is 37.9 Å². The van der Waals surface area contributed by atoms with Gasteiger partial charge in [0.2, 0.25) is 5.91 Å². The fourth-order valence-electron chi connectivity index (χ4n) is 1.41. The number of hydrogen-bond donors (Lipinski definition) is 2. The Kier molecular flexibility index (Phi) is 6.37. The number of halogens is 3. The minimum atomic E-state index is -4.43. The van der Waals surface area contributed by atoms with Crippen molar-refractivity contribution in [3.63, 3.8) is 0 Å². The molecule has 9 heteroatoms. The Bertz CT molecular complexity index is 433. The highest BCUT2D eigenvalue weighted by Gasteiger charge is 2.33. The lowest BCUT2D eigenvalue weighted by molar-refractivity contribution is -0.140. The third-order valence-electron chi connectivity index (χ3n) is 2.51. The number of alkyl halides is 3. The summed E-state index contributed by atoms with van der Waals surface area (Å²) in [5.41, 5.74) is 4.48. The number of methoxy groups -OCH3 is 1. The molecule has 1 amide bonds. The highest BCUT2D eigenvalue weighted by Crippen LogP contribution is 2.29. The van der Waals surface area contributed by atoms with Gasteiger partial charge in [-0.3, -0.25) is 4.79 Å². The van der Waals surface area contributed by atoms with E-state index in [1.165, 1.54) is 7.11 Å². The Balaban J connectivity index is 2.34. The molecule has 3 N–H and O–H groups in total. The zero-order valence-corrected chi connectivity index (χ0v) is 11.7. The minimum absolute atomic E-state index is 0.124. The average molecular weight is 311 g/mol. The molecule has 0 aliphatic carbocycles. The van der Waals surface area contributed by atoms with Crippen molar-refractivity contribution in [3.8, 4) is 0 Å². The van der Waals surface area contributed by atoms with Crippen LogP contribution in [0.4, 0.5) is 13.2 Å². The lowest BCUT2D eigenvalue weighted by Crippen LogP contribution is -2.33. The highest BCUT2D eigenvalue weighted by molar-refractivity contribution is 7.09. The number of carbonyl (C=O) groups is 1. The summed E-state index contributed by atoms with van der Waals surface area (Å²) in [5, 5.41) is 3.89. The molecule has 20 heavy (non-hydrogen) atoms. The third-order valence-corrected chi connectivity index (χ3v) is 3.42. The van der Waals surface area contributed by atoms with Gasteiger partial charge in [0.05, 0.1) is 17.5 Å². The third kappa shape index (κ3) is 5.43. The molecule has 0 aromatic carbocycles. The normalized spacial score (nSPS) is 13.2. The molecule has 1 heterocycles. The van der Waals surface area contributed by atoms with Crippen LogP contribution >= 0.6 is 11.3 Å². The van der Waals surface area contributed by atoms with Crippen molar-refractivity contribution in [3.05, 3.63) is 16.1 Å². The molecule has 1 unspecified atom stereocenters. The number of nitrogens with one attached hydrogen (secondary N) is 1. The molecule has 1 aromatic heterocycles. The fraction of sp³-hybridized carbons (Fsp3) is 0.636. The van der Waals surface area contributed by atoms with Gasteiger partial charge in [0, 0.05) is 32.0 Å². The molecule has 0 radical (unpaired) electrons. The first-order chi connectivity index (χ1) is 9.36. The van der Waals surface area contributed by atoms with Gasteiger partial charge in [-0.05, 0) is 0 Å². The largest absolute Gasteiger partial charge is 0.434 e. The van der Waals surface area contributed by atoms with E-state index in [0.717, 1.165) is 16.7 Å². The smallest absolute Gasteiger partial charge is 0.380 e. The number of nitrogens with zero attached hydrogens (tertiary/aromatic N) is 1. The maximum absolute atomic E-state index is 12.3. The molecule has 0 fully saturated rings. The second-order valence-electron chi connectivity index (χ2n) is 4.02. The van der Waals surface area contributed by atoms with Crippen molar-refractivity contribution in [2.24, 2.45) is 5.73 Å². The SMILES string of the molecule is COC(CN)CC(=O)NCCc1nc(C(F)(F)F)cs1. The molecular weight excluding hydrogens is 295 g/mol. The van der Waals surface area contributed by atoms with Gasteiger partial charge in [-0.1, -0.05) is 0 Å². The number of amides is 1. The van der Waals surface area contributed by atoms with Crippen molar-refractivity contribution in [1.82, 2.24) is 10.3 Å². The predicted molar refractivity (Wildman–Crippen MR) is 68.3 cm³/mol. The van der Waals surface area contributed by atoms with E-state index < -0.39 is 11.9 Å². The van der Waals surface area contributed by atoms with Crippen LogP contribution in [0.2, 0.25) is 0 Å². The molecular formula is C11H16F3N3O2S. The Morgan fingerprint density at radius 1 is 1.60 bits per heavy atom. The Labute approximate surface area is 118 Å². The van der Waals surface area contributed by atoms with Gasteiger partial charge >= 0.3 is 6.18 Å². The van der Waals surface area contributed by atoms with Crippen molar-refractivity contribution in [2.45, 2.75) is 25.1 Å². The van der Waals surface area contributed by atoms with E-state index in [4.69, 9.17) is 10.5 Å². The molecule has 1 atom stereocenters. The lowest BCUT2D eigenvalue weighted by Gasteiger charge is -2.12. The Morgan fingerprint density at radius 2 is 2.30 bits per heavy atom. The summed E-state index contributed by atoms with van der Waals surface area (Å²) in [6, 6.07) is 0. The maximum atomic E-state index is 12.3. The zero-order chi connectivity index (χ0) is 15.2. The molecule has 0 saturated carbocycles. The predicted octanol–water partition coefficient (Wildman–Crippen LogP) is 1.18. The molecule has 1 aromatic rings. The average Bonchev–Trinajstić information content (AvgIpc) is 2.84. The van der Waals surface area contributed by atoms with Gasteiger partial charge in [-0.2, -0.15) is 13.2 Å². The Hall–Kier alpha value is -1.19. The molecule has 1 rings (SSSR count). The van der Waals surface area contributed by atoms with Crippen LogP contribution in [0.25, 0.3) is 0 Å². The topological polar surface area (TPSA) is 77.2 Å². The van der Waals surface area contributed by atoms with Crippen LogP contribution < -0.4 is 11.1 Å². The first kappa shape index (κ1) is 16.9. The van der Waals surface area contributed by atoms with Crippen molar-refractivity contribution < 1.29 is 22.7 Å². The Morgan fingerprint density at radius 3 is 2.80 bits per heavy atom. The molecule has 0 spiro atoms. The number of aromatic nitrogens is 1. The van der Waals surface area contributed by atoms with Crippen LogP contribution in [0.5, 0.6) is 0 Å². The van der Waals surface area contributed by atoms with Gasteiger partial charge in [0.1, 0.15) is 0 Å². The zero-order valence-electron chi connectivity index (χ0n) is 10.9. The van der Waals surface area contributed by atoms with Crippen LogP contribution in [0.1, 0.15) is 17.1 Å². The first-order valence-corrected chi connectivity index (χ1v) is 6.76. The number of thiazole rings is 1. The van der Waals surface area contributed by atoms with Crippen LogP contribution in [-0.4, -0.2) is 37.2 Å². The van der Waals surface area contributed by atoms with E-state index in [9.17, 15) is 18.0 Å². The van der Waals surface area contributed by atoms with Gasteiger partial charge in [0.15, 0.2) is 5.69 Å². The van der Waals surface area contributed by atoms with E-state index in [0.29, 0.717) is 5.01 Å². The van der Waals surface area contributed by atoms with Gasteiger partial charge in [0.25, 0.3) is 0 Å². The first-order valence-electron chi connectivity index (χ1n) is 5.88. The van der Waals surface area contributed by atoms with Crippen LogP contribution in [-0.2, 0) is 22.1 Å². The molecule has 114 valence electrons. The molecule has 0 saturated heterocycles. The van der Waals surface area contributed by atoms with Crippen LogP contribution in [0, 0.1) is 0 Å². The quantitative estimate of drug-likeness (QED) is 0.793. The highest BCUT2D eigenvalue weighted by atomic mass is 32.1. The van der Waals surface area contributed by atoms with E-state index >= 15 is 0 Å². The van der Waals surface area contributed by atoms with Crippen molar-refractivity contribution in [1.29, 1.82) is 0 Å². The summed E-state index contributed by atoms with van der Waals surface area (Å²) < 4.78 is 41.9. The molecule has 0 aliphatic rings. The van der Waals surface area contributed by atoms with Crippen LogP contribution in [0.15, 0.2) is 5.38 Å².